The van der Waals surface area contributed by atoms with Crippen molar-refractivity contribution in [2.24, 2.45) is 0 Å². The fourth-order valence-corrected chi connectivity index (χ4v) is 6.55. The Morgan fingerprint density at radius 1 is 1.05 bits per heavy atom. The zero-order chi connectivity index (χ0) is 27.7. The average molecular weight is 552 g/mol. The van der Waals surface area contributed by atoms with Gasteiger partial charge in [0.05, 0.1) is 16.7 Å². The molecular formula is C29H30FN3O5S. The molecule has 0 atom stereocenters. The number of aromatic nitrogens is 2. The summed E-state index contributed by atoms with van der Waals surface area (Å²) in [6.45, 7) is 4.27. The van der Waals surface area contributed by atoms with Crippen LogP contribution in [-0.4, -0.2) is 52.5 Å². The fraction of sp³-hybridized carbons (Fsp3) is 0.310. The highest BCUT2D eigenvalue weighted by Crippen LogP contribution is 2.36. The number of pyridine rings is 1. The van der Waals surface area contributed by atoms with Crippen LogP contribution in [-0.2, 0) is 21.4 Å². The van der Waals surface area contributed by atoms with Crippen molar-refractivity contribution in [1.82, 2.24) is 13.9 Å². The van der Waals surface area contributed by atoms with Gasteiger partial charge in [-0.05, 0) is 98.8 Å². The molecule has 0 bridgehead atoms. The van der Waals surface area contributed by atoms with E-state index in [9.17, 15) is 22.7 Å². The number of nitrogens with zero attached hydrogens (tertiary/aromatic N) is 3. The zero-order valence-corrected chi connectivity index (χ0v) is 22.6. The number of halogens is 1. The lowest BCUT2D eigenvalue weighted by atomic mass is 9.90. The molecule has 0 aliphatic carbocycles. The van der Waals surface area contributed by atoms with Crippen LogP contribution in [0.2, 0.25) is 0 Å². The quantitative estimate of drug-likeness (QED) is 0.320. The first-order chi connectivity index (χ1) is 18.6. The lowest BCUT2D eigenvalue weighted by molar-refractivity contribution is -0.137. The molecule has 8 nitrogen and oxygen atoms in total. The van der Waals surface area contributed by atoms with E-state index in [1.165, 1.54) is 16.4 Å². The van der Waals surface area contributed by atoms with Gasteiger partial charge in [0.25, 0.3) is 0 Å². The highest BCUT2D eigenvalue weighted by molar-refractivity contribution is 7.89. The van der Waals surface area contributed by atoms with E-state index >= 15 is 0 Å². The van der Waals surface area contributed by atoms with Crippen LogP contribution in [0.15, 0.2) is 71.8 Å². The summed E-state index contributed by atoms with van der Waals surface area (Å²) in [5, 5.41) is 10.3. The number of carboxylic acids is 1. The summed E-state index contributed by atoms with van der Waals surface area (Å²) in [6.07, 6.45) is 3.01. The van der Waals surface area contributed by atoms with E-state index in [0.29, 0.717) is 43.0 Å². The summed E-state index contributed by atoms with van der Waals surface area (Å²) in [4.78, 5) is 16.5. The predicted octanol–water partition coefficient (Wildman–Crippen LogP) is 5.28. The molecule has 1 fully saturated rings. The third-order valence-corrected chi connectivity index (χ3v) is 8.84. The largest absolute Gasteiger partial charge is 0.491 e. The van der Waals surface area contributed by atoms with Crippen LogP contribution in [0.25, 0.3) is 22.3 Å². The average Bonchev–Trinajstić information content (AvgIpc) is 3.26. The van der Waals surface area contributed by atoms with Crippen molar-refractivity contribution in [1.29, 1.82) is 0 Å². The lowest BCUT2D eigenvalue weighted by Crippen LogP contribution is -2.37. The maximum absolute atomic E-state index is 13.4. The van der Waals surface area contributed by atoms with Crippen LogP contribution in [0.1, 0.15) is 38.2 Å². The minimum Gasteiger partial charge on any atom is -0.491 e. The van der Waals surface area contributed by atoms with Crippen molar-refractivity contribution in [3.63, 3.8) is 0 Å². The molecule has 10 heteroatoms. The molecule has 0 spiro atoms. The minimum atomic E-state index is -3.65. The van der Waals surface area contributed by atoms with Gasteiger partial charge in [0.1, 0.15) is 23.8 Å². The number of sulfonamides is 1. The van der Waals surface area contributed by atoms with Crippen LogP contribution in [0.3, 0.4) is 0 Å². The standard InChI is InChI=1S/C29H30FN3O5S/c1-19(2)38-23-7-9-24(10-8-23)39(36,37)33-15-13-20(14-16-33)26-17-32(18-28(34)35)29-25(26)11-12-27(31-29)21-3-5-22(30)6-4-21/h3-12,17,19-20H,13-16,18H2,1-2H3,(H,34,35). The summed E-state index contributed by atoms with van der Waals surface area (Å²) >= 11 is 0. The fourth-order valence-electron chi connectivity index (χ4n) is 5.08. The highest BCUT2D eigenvalue weighted by Gasteiger charge is 2.31. The van der Waals surface area contributed by atoms with Gasteiger partial charge in [-0.2, -0.15) is 4.31 Å². The van der Waals surface area contributed by atoms with Gasteiger partial charge in [-0.15, -0.1) is 0 Å². The molecule has 3 heterocycles. The van der Waals surface area contributed by atoms with Gasteiger partial charge in [-0.1, -0.05) is 0 Å². The third kappa shape index (κ3) is 5.67. The second kappa shape index (κ2) is 10.8. The zero-order valence-electron chi connectivity index (χ0n) is 21.7. The topological polar surface area (TPSA) is 102 Å². The number of fused-ring (bicyclic) bond motifs is 1. The maximum Gasteiger partial charge on any atom is 0.323 e. The van der Waals surface area contributed by atoms with Gasteiger partial charge in [-0.3, -0.25) is 4.79 Å². The molecule has 39 heavy (non-hydrogen) atoms. The Labute approximate surface area is 226 Å². The van der Waals surface area contributed by atoms with E-state index in [2.05, 4.69) is 0 Å². The van der Waals surface area contributed by atoms with Crippen molar-refractivity contribution in [3.05, 3.63) is 78.2 Å². The van der Waals surface area contributed by atoms with E-state index in [0.717, 1.165) is 16.5 Å². The number of carboxylic acid groups (broad SMARTS) is 1. The molecule has 1 N–H and O–H groups in total. The Hall–Kier alpha value is -3.76. The van der Waals surface area contributed by atoms with Crippen molar-refractivity contribution in [3.8, 4) is 17.0 Å². The van der Waals surface area contributed by atoms with Crippen LogP contribution in [0.5, 0.6) is 5.75 Å². The summed E-state index contributed by atoms with van der Waals surface area (Å²) < 4.78 is 48.7. The molecule has 1 aliphatic heterocycles. The van der Waals surface area contributed by atoms with Gasteiger partial charge in [0.15, 0.2) is 0 Å². The number of hydrogen-bond acceptors (Lipinski definition) is 5. The normalized spacial score (nSPS) is 15.2. The van der Waals surface area contributed by atoms with Gasteiger partial charge < -0.3 is 14.4 Å². The Morgan fingerprint density at radius 2 is 1.72 bits per heavy atom. The first-order valence-electron chi connectivity index (χ1n) is 12.9. The number of ether oxygens (including phenoxy) is 1. The van der Waals surface area contributed by atoms with E-state index in [1.807, 2.05) is 32.2 Å². The van der Waals surface area contributed by atoms with Crippen molar-refractivity contribution in [2.45, 2.75) is 50.2 Å². The first-order valence-corrected chi connectivity index (χ1v) is 14.3. The third-order valence-electron chi connectivity index (χ3n) is 6.93. The Morgan fingerprint density at radius 3 is 2.33 bits per heavy atom. The molecule has 0 saturated carbocycles. The van der Waals surface area contributed by atoms with Crippen LogP contribution in [0, 0.1) is 5.82 Å². The highest BCUT2D eigenvalue weighted by atomic mass is 32.2. The van der Waals surface area contributed by atoms with Gasteiger partial charge >= 0.3 is 5.97 Å². The molecule has 5 rings (SSSR count). The van der Waals surface area contributed by atoms with Crippen LogP contribution in [0.4, 0.5) is 4.39 Å². The molecular weight excluding hydrogens is 521 g/mol. The molecule has 1 saturated heterocycles. The number of rotatable bonds is 8. The molecule has 0 amide bonds. The Bertz CT molecular complexity index is 1590. The van der Waals surface area contributed by atoms with Crippen LogP contribution < -0.4 is 4.74 Å². The van der Waals surface area contributed by atoms with Crippen molar-refractivity contribution >= 4 is 27.0 Å². The summed E-state index contributed by atoms with van der Waals surface area (Å²) in [5.41, 5.74) is 2.83. The molecule has 1 aliphatic rings. The number of aliphatic carboxylic acids is 1. The predicted molar refractivity (Wildman–Crippen MR) is 146 cm³/mol. The summed E-state index contributed by atoms with van der Waals surface area (Å²) in [7, 11) is -3.65. The van der Waals surface area contributed by atoms with E-state index in [-0.39, 0.29) is 29.3 Å². The molecule has 2 aromatic heterocycles. The number of hydrogen-bond donors (Lipinski definition) is 1. The Kier molecular flexibility index (Phi) is 7.42. The van der Waals surface area contributed by atoms with E-state index in [4.69, 9.17) is 9.72 Å². The maximum atomic E-state index is 13.4. The van der Waals surface area contributed by atoms with E-state index in [1.54, 1.807) is 41.0 Å². The monoisotopic (exact) mass is 551 g/mol. The van der Waals surface area contributed by atoms with Crippen molar-refractivity contribution < 1.29 is 27.4 Å². The van der Waals surface area contributed by atoms with Gasteiger partial charge in [0, 0.05) is 30.2 Å². The summed E-state index contributed by atoms with van der Waals surface area (Å²) in [6, 6.07) is 16.2. The molecule has 4 aromatic rings. The second-order valence-corrected chi connectivity index (χ2v) is 11.9. The number of carbonyl (C=O) groups is 1. The first kappa shape index (κ1) is 26.8. The summed E-state index contributed by atoms with van der Waals surface area (Å²) in [5.74, 6) is -0.661. The van der Waals surface area contributed by atoms with Crippen LogP contribution >= 0.6 is 0 Å². The SMILES string of the molecule is CC(C)Oc1ccc(S(=O)(=O)N2CCC(c3cn(CC(=O)O)c4nc(-c5ccc(F)cc5)ccc34)CC2)cc1. The smallest absolute Gasteiger partial charge is 0.323 e. The molecule has 0 radical (unpaired) electrons. The molecule has 2 aromatic carbocycles. The lowest BCUT2D eigenvalue weighted by Gasteiger charge is -2.31. The van der Waals surface area contributed by atoms with Gasteiger partial charge in [0.2, 0.25) is 10.0 Å². The Balaban J connectivity index is 1.38. The molecule has 0 unspecified atom stereocenters. The number of benzene rings is 2. The van der Waals surface area contributed by atoms with Crippen molar-refractivity contribution in [2.75, 3.05) is 13.1 Å². The van der Waals surface area contributed by atoms with E-state index < -0.39 is 16.0 Å². The second-order valence-electron chi connectivity index (χ2n) is 10.00. The minimum absolute atomic E-state index is 0.00219. The number of piperidine rings is 1. The van der Waals surface area contributed by atoms with Gasteiger partial charge in [-0.25, -0.2) is 17.8 Å². The molecule has 204 valence electrons.